The number of rotatable bonds is 8. The summed E-state index contributed by atoms with van der Waals surface area (Å²) in [5, 5.41) is 9.55. The second kappa shape index (κ2) is 10.0. The predicted octanol–water partition coefficient (Wildman–Crippen LogP) is 3.61. The molecule has 1 aromatic heterocycles. The van der Waals surface area contributed by atoms with Crippen LogP contribution >= 0.6 is 22.9 Å². The van der Waals surface area contributed by atoms with Crippen LogP contribution < -0.4 is 10.6 Å². The molecule has 5 nitrogen and oxygen atoms in total. The van der Waals surface area contributed by atoms with Crippen LogP contribution in [0.15, 0.2) is 35.0 Å². The van der Waals surface area contributed by atoms with E-state index in [0.717, 1.165) is 25.9 Å². The van der Waals surface area contributed by atoms with Crippen molar-refractivity contribution in [1.82, 2.24) is 15.5 Å². The van der Waals surface area contributed by atoms with E-state index in [1.54, 1.807) is 23.6 Å². The molecule has 8 heteroatoms. The third-order valence-corrected chi connectivity index (χ3v) is 5.84. The summed E-state index contributed by atoms with van der Waals surface area (Å²) in [7, 11) is 0. The molecule has 0 radical (unpaired) electrons. The van der Waals surface area contributed by atoms with Gasteiger partial charge in [-0.05, 0) is 49.5 Å². The molecule has 0 aliphatic carbocycles. The Morgan fingerprint density at radius 3 is 2.68 bits per heavy atom. The van der Waals surface area contributed by atoms with E-state index in [1.807, 2.05) is 5.38 Å². The highest BCUT2D eigenvalue weighted by atomic mass is 35.5. The summed E-state index contributed by atoms with van der Waals surface area (Å²) < 4.78 is 14.4. The number of thiophene rings is 1. The van der Waals surface area contributed by atoms with Crippen molar-refractivity contribution in [3.8, 4) is 0 Å². The molecule has 0 spiro atoms. The summed E-state index contributed by atoms with van der Waals surface area (Å²) in [4.78, 5) is 26.3. The number of carbonyl (C=O) groups excluding carboxylic acids is 2. The van der Waals surface area contributed by atoms with E-state index in [-0.39, 0.29) is 43.2 Å². The van der Waals surface area contributed by atoms with Gasteiger partial charge in [0.25, 0.3) is 5.91 Å². The van der Waals surface area contributed by atoms with Gasteiger partial charge in [-0.2, -0.15) is 11.3 Å². The summed E-state index contributed by atoms with van der Waals surface area (Å²) in [6.45, 7) is 2.22. The van der Waals surface area contributed by atoms with E-state index < -0.39 is 0 Å². The summed E-state index contributed by atoms with van der Waals surface area (Å²) >= 11 is 7.70. The van der Waals surface area contributed by atoms with Crippen molar-refractivity contribution in [1.29, 1.82) is 0 Å². The quantitative estimate of drug-likeness (QED) is 0.681. The lowest BCUT2D eigenvalue weighted by molar-refractivity contribution is -0.121. The number of hydrogen-bond acceptors (Lipinski definition) is 4. The molecule has 1 aliphatic rings. The fourth-order valence-electron chi connectivity index (χ4n) is 3.38. The van der Waals surface area contributed by atoms with Crippen molar-refractivity contribution >= 4 is 34.8 Å². The van der Waals surface area contributed by atoms with Gasteiger partial charge in [-0.1, -0.05) is 17.7 Å². The monoisotopic (exact) mass is 423 g/mol. The van der Waals surface area contributed by atoms with Crippen LogP contribution in [0.3, 0.4) is 0 Å². The molecule has 1 saturated heterocycles. The molecule has 2 aromatic rings. The third-order valence-electron chi connectivity index (χ3n) is 4.83. The maximum absolute atomic E-state index is 14.4. The van der Waals surface area contributed by atoms with Gasteiger partial charge < -0.3 is 10.6 Å². The Morgan fingerprint density at radius 2 is 2.00 bits per heavy atom. The molecule has 1 aliphatic heterocycles. The van der Waals surface area contributed by atoms with Crippen molar-refractivity contribution in [3.05, 3.63) is 57.0 Å². The smallest absolute Gasteiger partial charge is 0.252 e. The predicted molar refractivity (Wildman–Crippen MR) is 109 cm³/mol. The highest BCUT2D eigenvalue weighted by molar-refractivity contribution is 7.08. The van der Waals surface area contributed by atoms with Crippen LogP contribution in [0.1, 0.15) is 41.2 Å². The minimum Gasteiger partial charge on any atom is -0.354 e. The number of benzene rings is 1. The van der Waals surface area contributed by atoms with Crippen molar-refractivity contribution < 1.29 is 14.0 Å². The minimum atomic E-state index is -0.360. The van der Waals surface area contributed by atoms with Crippen molar-refractivity contribution in [2.75, 3.05) is 26.2 Å². The molecule has 150 valence electrons. The maximum Gasteiger partial charge on any atom is 0.252 e. The number of hydrogen-bond donors (Lipinski definition) is 2. The molecule has 1 fully saturated rings. The number of nitrogens with one attached hydrogen (secondary N) is 2. The van der Waals surface area contributed by atoms with Gasteiger partial charge in [0, 0.05) is 41.0 Å². The molecule has 1 unspecified atom stereocenters. The summed E-state index contributed by atoms with van der Waals surface area (Å²) in [6.07, 6.45) is 2.25. The Labute approximate surface area is 172 Å². The zero-order valence-corrected chi connectivity index (χ0v) is 17.0. The number of carbonyl (C=O) groups is 2. The topological polar surface area (TPSA) is 61.4 Å². The van der Waals surface area contributed by atoms with Gasteiger partial charge in [-0.3, -0.25) is 14.5 Å². The van der Waals surface area contributed by atoms with Gasteiger partial charge in [0.1, 0.15) is 5.82 Å². The van der Waals surface area contributed by atoms with E-state index in [1.165, 1.54) is 17.4 Å². The van der Waals surface area contributed by atoms with Crippen molar-refractivity contribution in [2.24, 2.45) is 0 Å². The first-order valence-corrected chi connectivity index (χ1v) is 10.6. The molecule has 0 bridgehead atoms. The molecular weight excluding hydrogens is 401 g/mol. The van der Waals surface area contributed by atoms with Gasteiger partial charge in [-0.25, -0.2) is 4.39 Å². The minimum absolute atomic E-state index is 0.160. The number of halogens is 2. The van der Waals surface area contributed by atoms with Gasteiger partial charge in [0.15, 0.2) is 0 Å². The first-order chi connectivity index (χ1) is 13.6. The zero-order valence-electron chi connectivity index (χ0n) is 15.4. The van der Waals surface area contributed by atoms with Gasteiger partial charge >= 0.3 is 0 Å². The van der Waals surface area contributed by atoms with Crippen LogP contribution in [0, 0.1) is 5.82 Å². The SMILES string of the molecule is O=C(CCNC(=O)c1ccsc1)NCC(c1c(F)cccc1Cl)N1CCCC1. The standard InChI is InChI=1S/C20H23ClFN3O2S/c21-15-4-3-5-16(22)19(15)17(25-9-1-2-10-25)12-24-18(26)6-8-23-20(27)14-7-11-28-13-14/h3-5,7,11,13,17H,1-2,6,8-10,12H2,(H,23,27)(H,24,26). The maximum atomic E-state index is 14.4. The summed E-state index contributed by atoms with van der Waals surface area (Å²) in [5.41, 5.74) is 1.02. The molecule has 2 amide bonds. The van der Waals surface area contributed by atoms with E-state index in [0.29, 0.717) is 16.1 Å². The largest absolute Gasteiger partial charge is 0.354 e. The fraction of sp³-hybridized carbons (Fsp3) is 0.400. The van der Waals surface area contributed by atoms with Crippen LogP contribution in [-0.2, 0) is 4.79 Å². The first-order valence-electron chi connectivity index (χ1n) is 9.31. The molecule has 0 saturated carbocycles. The zero-order chi connectivity index (χ0) is 19.9. The molecule has 2 N–H and O–H groups in total. The van der Waals surface area contributed by atoms with Crippen LogP contribution in [0.5, 0.6) is 0 Å². The summed E-state index contributed by atoms with van der Waals surface area (Å²) in [5.74, 6) is -0.744. The Kier molecular flexibility index (Phi) is 7.42. The molecular formula is C20H23ClFN3O2S. The summed E-state index contributed by atoms with van der Waals surface area (Å²) in [6, 6.07) is 6.08. The van der Waals surface area contributed by atoms with Crippen LogP contribution in [0.2, 0.25) is 5.02 Å². The lowest BCUT2D eigenvalue weighted by Gasteiger charge is -2.29. The van der Waals surface area contributed by atoms with Gasteiger partial charge in [0.2, 0.25) is 5.91 Å². The van der Waals surface area contributed by atoms with Gasteiger partial charge in [-0.15, -0.1) is 0 Å². The van der Waals surface area contributed by atoms with Crippen molar-refractivity contribution in [2.45, 2.75) is 25.3 Å². The Hall–Kier alpha value is -1.96. The number of amides is 2. The Bertz CT molecular complexity index is 790. The Balaban J connectivity index is 1.54. The normalized spacial score (nSPS) is 15.4. The van der Waals surface area contributed by atoms with E-state index in [2.05, 4.69) is 15.5 Å². The molecule has 28 heavy (non-hydrogen) atoms. The van der Waals surface area contributed by atoms with Crippen LogP contribution in [-0.4, -0.2) is 42.9 Å². The average Bonchev–Trinajstić information content (AvgIpc) is 3.38. The van der Waals surface area contributed by atoms with E-state index in [9.17, 15) is 14.0 Å². The lowest BCUT2D eigenvalue weighted by Crippen LogP contribution is -2.38. The first kappa shape index (κ1) is 20.8. The molecule has 1 atom stereocenters. The van der Waals surface area contributed by atoms with E-state index in [4.69, 9.17) is 11.6 Å². The Morgan fingerprint density at radius 1 is 1.21 bits per heavy atom. The molecule has 1 aromatic carbocycles. The third kappa shape index (κ3) is 5.31. The highest BCUT2D eigenvalue weighted by Gasteiger charge is 2.28. The van der Waals surface area contributed by atoms with Crippen LogP contribution in [0.4, 0.5) is 4.39 Å². The second-order valence-electron chi connectivity index (χ2n) is 6.72. The highest BCUT2D eigenvalue weighted by Crippen LogP contribution is 2.31. The molecule has 2 heterocycles. The fourth-order valence-corrected chi connectivity index (χ4v) is 4.31. The molecule has 3 rings (SSSR count). The second-order valence-corrected chi connectivity index (χ2v) is 7.90. The average molecular weight is 424 g/mol. The number of likely N-dealkylation sites (tertiary alicyclic amines) is 1. The lowest BCUT2D eigenvalue weighted by atomic mass is 10.0. The van der Waals surface area contributed by atoms with Crippen molar-refractivity contribution in [3.63, 3.8) is 0 Å². The van der Waals surface area contributed by atoms with E-state index >= 15 is 0 Å². The van der Waals surface area contributed by atoms with Crippen LogP contribution in [0.25, 0.3) is 0 Å². The van der Waals surface area contributed by atoms with Gasteiger partial charge in [0.05, 0.1) is 6.04 Å². The number of nitrogens with zero attached hydrogens (tertiary/aromatic N) is 1.